The van der Waals surface area contributed by atoms with Crippen LogP contribution in [0.1, 0.15) is 15.9 Å². The summed E-state index contributed by atoms with van der Waals surface area (Å²) in [6.45, 7) is 0. The second-order valence-electron chi connectivity index (χ2n) is 4.97. The van der Waals surface area contributed by atoms with E-state index in [4.69, 9.17) is 0 Å². The molecule has 0 bridgehead atoms. The van der Waals surface area contributed by atoms with E-state index >= 15 is 0 Å². The SMILES string of the molecule is CNc1ccc(N=C(C#N)C2=C(O)c3ccccc3C2=O)cc1. The molecule has 0 saturated heterocycles. The van der Waals surface area contributed by atoms with Gasteiger partial charge in [0, 0.05) is 23.9 Å². The summed E-state index contributed by atoms with van der Waals surface area (Å²) in [5.74, 6) is -0.581. The van der Waals surface area contributed by atoms with Gasteiger partial charge in [0.25, 0.3) is 0 Å². The van der Waals surface area contributed by atoms with E-state index in [0.717, 1.165) is 5.69 Å². The van der Waals surface area contributed by atoms with Gasteiger partial charge in [-0.05, 0) is 24.3 Å². The number of nitrogens with zero attached hydrogens (tertiary/aromatic N) is 2. The summed E-state index contributed by atoms with van der Waals surface area (Å²) in [5.41, 5.74) is 2.11. The first-order valence-corrected chi connectivity index (χ1v) is 7.00. The normalized spacial score (nSPS) is 13.7. The molecule has 0 unspecified atom stereocenters. The number of carbonyl (C=O) groups is 1. The summed E-state index contributed by atoms with van der Waals surface area (Å²) in [6, 6.07) is 15.7. The maximum Gasteiger partial charge on any atom is 0.200 e. The Morgan fingerprint density at radius 2 is 1.78 bits per heavy atom. The highest BCUT2D eigenvalue weighted by Crippen LogP contribution is 2.32. The van der Waals surface area contributed by atoms with Crippen LogP contribution in [-0.4, -0.2) is 23.6 Å². The molecule has 0 amide bonds. The molecule has 2 aromatic rings. The van der Waals surface area contributed by atoms with Crippen molar-refractivity contribution in [3.8, 4) is 6.07 Å². The molecule has 2 aromatic carbocycles. The average Bonchev–Trinajstić information content (AvgIpc) is 2.85. The van der Waals surface area contributed by atoms with Crippen LogP contribution in [0.5, 0.6) is 0 Å². The Morgan fingerprint density at radius 3 is 2.35 bits per heavy atom. The Hall–Kier alpha value is -3.39. The van der Waals surface area contributed by atoms with Crippen molar-refractivity contribution in [1.82, 2.24) is 0 Å². The van der Waals surface area contributed by atoms with Gasteiger partial charge in [0.15, 0.2) is 11.5 Å². The minimum Gasteiger partial charge on any atom is -0.506 e. The number of hydrogen-bond acceptors (Lipinski definition) is 5. The zero-order chi connectivity index (χ0) is 16.4. The third-order valence-corrected chi connectivity index (χ3v) is 3.63. The van der Waals surface area contributed by atoms with Crippen LogP contribution in [0.3, 0.4) is 0 Å². The fourth-order valence-corrected chi connectivity index (χ4v) is 2.45. The summed E-state index contributed by atoms with van der Waals surface area (Å²) in [4.78, 5) is 16.6. The number of aliphatic hydroxyl groups excluding tert-OH is 1. The zero-order valence-electron chi connectivity index (χ0n) is 12.4. The molecule has 2 N–H and O–H groups in total. The molecule has 112 valence electrons. The van der Waals surface area contributed by atoms with Crippen LogP contribution in [0.4, 0.5) is 11.4 Å². The standard InChI is InChI=1S/C18H13N3O2/c1-20-11-6-8-12(9-7-11)21-15(10-19)16-17(22)13-4-2-3-5-14(13)18(16)23/h2-9,20,22H,1H3. The number of aliphatic hydroxyl groups is 1. The van der Waals surface area contributed by atoms with Gasteiger partial charge < -0.3 is 10.4 Å². The molecule has 1 aliphatic rings. The summed E-state index contributed by atoms with van der Waals surface area (Å²) >= 11 is 0. The van der Waals surface area contributed by atoms with Crippen molar-refractivity contribution in [3.63, 3.8) is 0 Å². The van der Waals surface area contributed by atoms with Crippen LogP contribution in [0.25, 0.3) is 5.76 Å². The number of aliphatic imine (C=N–C) groups is 1. The average molecular weight is 303 g/mol. The second kappa shape index (κ2) is 5.78. The number of Topliss-reactive ketones (excluding diaryl/α,β-unsaturated/α-hetero) is 1. The molecular weight excluding hydrogens is 290 g/mol. The maximum absolute atomic E-state index is 12.4. The van der Waals surface area contributed by atoms with Crippen LogP contribution < -0.4 is 5.32 Å². The number of ketones is 1. The van der Waals surface area contributed by atoms with Crippen LogP contribution in [0, 0.1) is 11.3 Å². The summed E-state index contributed by atoms with van der Waals surface area (Å²) < 4.78 is 0. The molecule has 5 nitrogen and oxygen atoms in total. The van der Waals surface area contributed by atoms with E-state index in [-0.39, 0.29) is 22.8 Å². The molecule has 0 aliphatic heterocycles. The Balaban J connectivity index is 2.05. The first-order valence-electron chi connectivity index (χ1n) is 7.00. The van der Waals surface area contributed by atoms with E-state index in [9.17, 15) is 15.2 Å². The predicted octanol–water partition coefficient (Wildman–Crippen LogP) is 3.49. The van der Waals surface area contributed by atoms with Crippen LogP contribution >= 0.6 is 0 Å². The van der Waals surface area contributed by atoms with E-state index in [1.54, 1.807) is 43.4 Å². The highest BCUT2D eigenvalue weighted by molar-refractivity contribution is 6.39. The van der Waals surface area contributed by atoms with Crippen molar-refractivity contribution in [2.75, 3.05) is 12.4 Å². The highest BCUT2D eigenvalue weighted by Gasteiger charge is 2.32. The number of hydrogen-bond donors (Lipinski definition) is 2. The molecule has 0 saturated carbocycles. The predicted molar refractivity (Wildman–Crippen MR) is 89.0 cm³/mol. The number of benzene rings is 2. The van der Waals surface area contributed by atoms with Crippen molar-refractivity contribution in [2.45, 2.75) is 0 Å². The third-order valence-electron chi connectivity index (χ3n) is 3.63. The quantitative estimate of drug-likeness (QED) is 0.850. The lowest BCUT2D eigenvalue weighted by Crippen LogP contribution is -2.08. The maximum atomic E-state index is 12.4. The topological polar surface area (TPSA) is 85.5 Å². The van der Waals surface area contributed by atoms with Crippen LogP contribution in [-0.2, 0) is 0 Å². The molecule has 1 aliphatic carbocycles. The van der Waals surface area contributed by atoms with E-state index in [1.165, 1.54) is 0 Å². The minimum atomic E-state index is -0.384. The number of anilines is 1. The van der Waals surface area contributed by atoms with E-state index < -0.39 is 0 Å². The first-order chi connectivity index (χ1) is 11.2. The number of nitrogens with one attached hydrogen (secondary N) is 1. The van der Waals surface area contributed by atoms with Gasteiger partial charge in [-0.1, -0.05) is 24.3 Å². The fourth-order valence-electron chi connectivity index (χ4n) is 2.45. The molecule has 23 heavy (non-hydrogen) atoms. The summed E-state index contributed by atoms with van der Waals surface area (Å²) in [5, 5.41) is 22.6. The molecule has 3 rings (SSSR count). The lowest BCUT2D eigenvalue weighted by molar-refractivity contribution is 0.104. The van der Waals surface area contributed by atoms with Gasteiger partial charge in [-0.2, -0.15) is 5.26 Å². The van der Waals surface area contributed by atoms with Gasteiger partial charge >= 0.3 is 0 Å². The monoisotopic (exact) mass is 303 g/mol. The van der Waals surface area contributed by atoms with Crippen molar-refractivity contribution in [2.24, 2.45) is 4.99 Å². The number of fused-ring (bicyclic) bond motifs is 1. The molecule has 0 aromatic heterocycles. The van der Waals surface area contributed by atoms with Crippen molar-refractivity contribution in [1.29, 1.82) is 5.26 Å². The van der Waals surface area contributed by atoms with Gasteiger partial charge in [0.2, 0.25) is 0 Å². The van der Waals surface area contributed by atoms with Gasteiger partial charge in [-0.15, -0.1) is 0 Å². The molecule has 0 spiro atoms. The van der Waals surface area contributed by atoms with E-state index in [0.29, 0.717) is 16.8 Å². The van der Waals surface area contributed by atoms with Crippen LogP contribution in [0.2, 0.25) is 0 Å². The number of rotatable bonds is 3. The number of carbonyl (C=O) groups excluding carboxylic acids is 1. The van der Waals surface area contributed by atoms with Gasteiger partial charge in [-0.3, -0.25) is 4.79 Å². The number of nitriles is 1. The zero-order valence-corrected chi connectivity index (χ0v) is 12.4. The van der Waals surface area contributed by atoms with Gasteiger partial charge in [-0.25, -0.2) is 4.99 Å². The van der Waals surface area contributed by atoms with E-state index in [1.807, 2.05) is 18.2 Å². The molecular formula is C18H13N3O2. The summed E-state index contributed by atoms with van der Waals surface area (Å²) in [7, 11) is 1.80. The molecule has 0 atom stereocenters. The van der Waals surface area contributed by atoms with Gasteiger partial charge in [0.1, 0.15) is 17.4 Å². The van der Waals surface area contributed by atoms with Crippen molar-refractivity contribution < 1.29 is 9.90 Å². The lowest BCUT2D eigenvalue weighted by Gasteiger charge is -2.02. The Morgan fingerprint density at radius 1 is 1.13 bits per heavy atom. The van der Waals surface area contributed by atoms with Crippen LogP contribution in [0.15, 0.2) is 59.1 Å². The third kappa shape index (κ3) is 2.47. The first kappa shape index (κ1) is 14.5. The highest BCUT2D eigenvalue weighted by atomic mass is 16.3. The second-order valence-corrected chi connectivity index (χ2v) is 4.97. The molecule has 0 fully saturated rings. The summed E-state index contributed by atoms with van der Waals surface area (Å²) in [6.07, 6.45) is 0. The largest absolute Gasteiger partial charge is 0.506 e. The molecule has 0 heterocycles. The minimum absolute atomic E-state index is 0.0496. The fraction of sp³-hybridized carbons (Fsp3) is 0.0556. The Bertz CT molecular complexity index is 887. The molecule has 5 heteroatoms. The number of allylic oxidation sites excluding steroid dienone is 1. The van der Waals surface area contributed by atoms with Crippen molar-refractivity contribution in [3.05, 3.63) is 65.2 Å². The lowest BCUT2D eigenvalue weighted by atomic mass is 10.1. The van der Waals surface area contributed by atoms with E-state index in [2.05, 4.69) is 10.3 Å². The van der Waals surface area contributed by atoms with Gasteiger partial charge in [0.05, 0.1) is 5.69 Å². The molecule has 0 radical (unpaired) electrons. The Labute approximate surface area is 133 Å². The van der Waals surface area contributed by atoms with Crippen molar-refractivity contribution >= 4 is 28.6 Å². The Kier molecular flexibility index (Phi) is 3.65. The smallest absolute Gasteiger partial charge is 0.200 e.